The Morgan fingerprint density at radius 2 is 2.05 bits per heavy atom. The lowest BCUT2D eigenvalue weighted by molar-refractivity contribution is -0.148. The van der Waals surface area contributed by atoms with Crippen LogP contribution in [0, 0.1) is 5.92 Å². The monoisotopic (exact) mass is 292 g/mol. The van der Waals surface area contributed by atoms with Crippen LogP contribution in [-0.4, -0.2) is 33.4 Å². The summed E-state index contributed by atoms with van der Waals surface area (Å²) < 4.78 is 21.3. The van der Waals surface area contributed by atoms with Crippen LogP contribution in [0.15, 0.2) is 30.4 Å². The molecule has 0 unspecified atom stereocenters. The van der Waals surface area contributed by atoms with E-state index in [4.69, 9.17) is 18.9 Å². The van der Waals surface area contributed by atoms with Crippen molar-refractivity contribution < 1.29 is 23.7 Å². The molecule has 5 nitrogen and oxygen atoms in total. The highest BCUT2D eigenvalue weighted by molar-refractivity contribution is 5.77. The largest absolute Gasteiger partial charge is 0.493 e. The lowest BCUT2D eigenvalue weighted by atomic mass is 9.92. The van der Waals surface area contributed by atoms with Crippen LogP contribution in [0.3, 0.4) is 0 Å². The maximum atomic E-state index is 12.1. The first-order valence-electron chi connectivity index (χ1n) is 6.80. The fourth-order valence-corrected chi connectivity index (χ4v) is 2.44. The van der Waals surface area contributed by atoms with E-state index in [1.165, 1.54) is 0 Å². The molecule has 1 aromatic rings. The van der Waals surface area contributed by atoms with Crippen LogP contribution in [-0.2, 0) is 14.3 Å². The lowest BCUT2D eigenvalue weighted by Crippen LogP contribution is -2.22. The highest BCUT2D eigenvalue weighted by Gasteiger charge is 2.39. The predicted molar refractivity (Wildman–Crippen MR) is 77.5 cm³/mol. The number of carbonyl (C=O) groups is 1. The van der Waals surface area contributed by atoms with E-state index >= 15 is 0 Å². The number of ether oxygens (including phenoxy) is 4. The number of benzene rings is 1. The minimum absolute atomic E-state index is 0.306. The molecule has 0 bridgehead atoms. The number of carbonyl (C=O) groups excluding carboxylic acids is 1. The number of hydrogen-bond acceptors (Lipinski definition) is 5. The van der Waals surface area contributed by atoms with E-state index in [2.05, 4.69) is 6.58 Å². The average Bonchev–Trinajstić information content (AvgIpc) is 2.88. The molecular weight excluding hydrogens is 272 g/mol. The fraction of sp³-hybridized carbons (Fsp3) is 0.438. The Kier molecular flexibility index (Phi) is 4.85. The van der Waals surface area contributed by atoms with Crippen molar-refractivity contribution >= 4 is 5.97 Å². The van der Waals surface area contributed by atoms with E-state index in [0.717, 1.165) is 11.1 Å². The zero-order chi connectivity index (χ0) is 15.4. The maximum Gasteiger partial charge on any atom is 0.316 e. The second-order valence-corrected chi connectivity index (χ2v) is 4.73. The van der Waals surface area contributed by atoms with Gasteiger partial charge in [-0.1, -0.05) is 12.6 Å². The molecule has 1 heterocycles. The van der Waals surface area contributed by atoms with Gasteiger partial charge in [0.2, 0.25) is 0 Å². The quantitative estimate of drug-likeness (QED) is 0.616. The van der Waals surface area contributed by atoms with E-state index in [0.29, 0.717) is 24.7 Å². The first-order valence-corrected chi connectivity index (χ1v) is 6.80. The summed E-state index contributed by atoms with van der Waals surface area (Å²) in [6.45, 7) is 6.37. The summed E-state index contributed by atoms with van der Waals surface area (Å²) >= 11 is 0. The van der Waals surface area contributed by atoms with Crippen molar-refractivity contribution in [2.75, 3.05) is 27.4 Å². The first-order chi connectivity index (χ1) is 10.1. The van der Waals surface area contributed by atoms with Crippen molar-refractivity contribution in [3.05, 3.63) is 35.9 Å². The Hall–Kier alpha value is -2.01. The predicted octanol–water partition coefficient (Wildman–Crippen LogP) is 2.51. The summed E-state index contributed by atoms with van der Waals surface area (Å²) in [4.78, 5) is 12.1. The van der Waals surface area contributed by atoms with Gasteiger partial charge in [-0.05, 0) is 30.2 Å². The third kappa shape index (κ3) is 3.03. The Balaban J connectivity index is 2.31. The van der Waals surface area contributed by atoms with Crippen LogP contribution in [0.2, 0.25) is 0 Å². The minimum atomic E-state index is -0.483. The molecule has 0 radical (unpaired) electrons. The zero-order valence-corrected chi connectivity index (χ0v) is 12.5. The molecule has 0 amide bonds. The number of methoxy groups -OCH3 is 2. The van der Waals surface area contributed by atoms with Gasteiger partial charge in [-0.15, -0.1) is 0 Å². The van der Waals surface area contributed by atoms with Crippen molar-refractivity contribution in [2.24, 2.45) is 5.92 Å². The molecule has 1 aromatic carbocycles. The van der Waals surface area contributed by atoms with E-state index in [1.54, 1.807) is 27.2 Å². The van der Waals surface area contributed by atoms with Gasteiger partial charge in [0.05, 0.1) is 27.4 Å². The van der Waals surface area contributed by atoms with Gasteiger partial charge < -0.3 is 18.9 Å². The highest BCUT2D eigenvalue weighted by Crippen LogP contribution is 2.40. The molecule has 5 heteroatoms. The molecule has 1 fully saturated rings. The summed E-state index contributed by atoms with van der Waals surface area (Å²) in [6.07, 6.45) is -0.406. The van der Waals surface area contributed by atoms with Crippen LogP contribution >= 0.6 is 0 Å². The molecule has 0 aliphatic carbocycles. The smallest absolute Gasteiger partial charge is 0.316 e. The van der Waals surface area contributed by atoms with Crippen molar-refractivity contribution in [1.29, 1.82) is 0 Å². The van der Waals surface area contributed by atoms with Gasteiger partial charge in [0.1, 0.15) is 12.0 Å². The molecule has 21 heavy (non-hydrogen) atoms. The number of hydrogen-bond donors (Lipinski definition) is 0. The average molecular weight is 292 g/mol. The summed E-state index contributed by atoms with van der Waals surface area (Å²) in [7, 11) is 3.14. The van der Waals surface area contributed by atoms with Gasteiger partial charge >= 0.3 is 5.97 Å². The van der Waals surface area contributed by atoms with E-state index in [9.17, 15) is 4.79 Å². The van der Waals surface area contributed by atoms with Crippen molar-refractivity contribution in [1.82, 2.24) is 0 Å². The second kappa shape index (κ2) is 6.63. The second-order valence-electron chi connectivity index (χ2n) is 4.73. The molecule has 0 aromatic heterocycles. The van der Waals surface area contributed by atoms with Crippen LogP contribution in [0.4, 0.5) is 0 Å². The Morgan fingerprint density at radius 1 is 1.33 bits per heavy atom. The molecule has 0 N–H and O–H groups in total. The van der Waals surface area contributed by atoms with Gasteiger partial charge in [0.25, 0.3) is 0 Å². The Morgan fingerprint density at radius 3 is 2.67 bits per heavy atom. The topological polar surface area (TPSA) is 54.0 Å². The molecular formula is C16H20O5. The highest BCUT2D eigenvalue weighted by atomic mass is 16.5. The Labute approximate surface area is 124 Å². The molecule has 1 aliphatic rings. The van der Waals surface area contributed by atoms with Gasteiger partial charge in [-0.3, -0.25) is 4.79 Å². The van der Waals surface area contributed by atoms with Crippen molar-refractivity contribution in [3.8, 4) is 11.5 Å². The summed E-state index contributed by atoms with van der Waals surface area (Å²) in [5.74, 6) is 0.437. The number of esters is 1. The Bertz CT molecular complexity index is 537. The maximum absolute atomic E-state index is 12.1. The van der Waals surface area contributed by atoms with Crippen LogP contribution in [0.5, 0.6) is 11.5 Å². The van der Waals surface area contributed by atoms with Crippen LogP contribution in [0.25, 0.3) is 0 Å². The first kappa shape index (κ1) is 15.4. The molecule has 2 rings (SSSR count). The SMILES string of the molecule is C=C1CO[C@@H](c2ccc(OC)c(OC)c2)[C@@H]1C(=O)OCC. The van der Waals surface area contributed by atoms with E-state index in [1.807, 2.05) is 12.1 Å². The summed E-state index contributed by atoms with van der Waals surface area (Å²) in [5.41, 5.74) is 1.57. The molecule has 1 saturated heterocycles. The molecule has 114 valence electrons. The minimum Gasteiger partial charge on any atom is -0.493 e. The van der Waals surface area contributed by atoms with Gasteiger partial charge in [0.15, 0.2) is 11.5 Å². The molecule has 1 aliphatic heterocycles. The standard InChI is InChI=1S/C16H20O5/c1-5-20-16(17)14-10(2)9-21-15(14)11-6-7-12(18-3)13(8-11)19-4/h6-8,14-15H,2,5,9H2,1,3-4H3/t14-,15+/m1/s1. The zero-order valence-electron chi connectivity index (χ0n) is 12.5. The van der Waals surface area contributed by atoms with E-state index in [-0.39, 0.29) is 5.97 Å². The summed E-state index contributed by atoms with van der Waals surface area (Å²) in [6, 6.07) is 5.46. The third-order valence-electron chi connectivity index (χ3n) is 3.47. The van der Waals surface area contributed by atoms with Crippen LogP contribution in [0.1, 0.15) is 18.6 Å². The van der Waals surface area contributed by atoms with Crippen molar-refractivity contribution in [3.63, 3.8) is 0 Å². The fourth-order valence-electron chi connectivity index (χ4n) is 2.44. The van der Waals surface area contributed by atoms with Gasteiger partial charge in [-0.25, -0.2) is 0 Å². The molecule has 0 saturated carbocycles. The lowest BCUT2D eigenvalue weighted by Gasteiger charge is -2.19. The van der Waals surface area contributed by atoms with Gasteiger partial charge in [0, 0.05) is 0 Å². The normalized spacial score (nSPS) is 21.2. The molecule has 2 atom stereocenters. The third-order valence-corrected chi connectivity index (χ3v) is 3.47. The van der Waals surface area contributed by atoms with Gasteiger partial charge in [-0.2, -0.15) is 0 Å². The van der Waals surface area contributed by atoms with E-state index < -0.39 is 12.0 Å². The summed E-state index contributed by atoms with van der Waals surface area (Å²) in [5, 5.41) is 0. The van der Waals surface area contributed by atoms with Crippen LogP contribution < -0.4 is 9.47 Å². The number of rotatable bonds is 5. The molecule has 0 spiro atoms. The van der Waals surface area contributed by atoms with Crippen molar-refractivity contribution in [2.45, 2.75) is 13.0 Å².